The number of halogens is 3. The maximum atomic E-state index is 13.2. The van der Waals surface area contributed by atoms with Crippen LogP contribution in [0.25, 0.3) is 0 Å². The van der Waals surface area contributed by atoms with Crippen molar-refractivity contribution < 1.29 is 22.4 Å². The van der Waals surface area contributed by atoms with Gasteiger partial charge in [-0.1, -0.05) is 18.2 Å². The molecular weight excluding hydrogens is 489 g/mol. The van der Waals surface area contributed by atoms with Crippen LogP contribution in [0.15, 0.2) is 34.7 Å². The molecule has 0 atom stereocenters. The van der Waals surface area contributed by atoms with E-state index >= 15 is 0 Å². The van der Waals surface area contributed by atoms with Crippen LogP contribution in [0, 0.1) is 6.92 Å². The monoisotopic (exact) mass is 518 g/mol. The minimum absolute atomic E-state index is 0.00322. The highest BCUT2D eigenvalue weighted by molar-refractivity contribution is 5.91. The van der Waals surface area contributed by atoms with Crippen LogP contribution >= 0.6 is 0 Å². The maximum absolute atomic E-state index is 13.2. The predicted octanol–water partition coefficient (Wildman–Crippen LogP) is 3.13. The maximum Gasteiger partial charge on any atom is 0.416 e. The normalized spacial score (nSPS) is 14.5. The van der Waals surface area contributed by atoms with Gasteiger partial charge in [-0.2, -0.15) is 28.1 Å². The number of aromatic nitrogens is 3. The van der Waals surface area contributed by atoms with Gasteiger partial charge in [-0.3, -0.25) is 4.79 Å². The van der Waals surface area contributed by atoms with Gasteiger partial charge in [-0.05, 0) is 31.7 Å². The number of aryl methyl sites for hydroxylation is 1. The van der Waals surface area contributed by atoms with Crippen LogP contribution in [0.3, 0.4) is 0 Å². The van der Waals surface area contributed by atoms with Crippen molar-refractivity contribution in [3.05, 3.63) is 58.5 Å². The number of nitrogens with one attached hydrogen (secondary N) is 3. The first kappa shape index (κ1) is 26.2. The minimum Gasteiger partial charge on any atom is -0.456 e. The predicted molar refractivity (Wildman–Crippen MR) is 132 cm³/mol. The Balaban J connectivity index is 1.41. The molecule has 3 aromatic rings. The number of amides is 1. The Kier molecular flexibility index (Phi) is 7.81. The lowest BCUT2D eigenvalue weighted by Gasteiger charge is -2.32. The molecule has 0 bridgehead atoms. The molecule has 0 saturated carbocycles. The number of hydrogen-bond acceptors (Lipinski definition) is 9. The lowest BCUT2D eigenvalue weighted by Crippen LogP contribution is -2.45. The Morgan fingerprint density at radius 1 is 1.03 bits per heavy atom. The van der Waals surface area contributed by atoms with E-state index in [0.29, 0.717) is 29.2 Å². The number of furan rings is 1. The zero-order chi connectivity index (χ0) is 26.6. The van der Waals surface area contributed by atoms with Crippen molar-refractivity contribution in [2.75, 3.05) is 55.8 Å². The smallest absolute Gasteiger partial charge is 0.416 e. The molecule has 0 aliphatic carbocycles. The Morgan fingerprint density at radius 3 is 2.43 bits per heavy atom. The molecule has 198 valence electrons. The minimum atomic E-state index is -4.51. The van der Waals surface area contributed by atoms with Gasteiger partial charge < -0.3 is 30.2 Å². The first-order valence-electron chi connectivity index (χ1n) is 11.8. The van der Waals surface area contributed by atoms with E-state index in [1.54, 1.807) is 20.0 Å². The molecule has 0 spiro atoms. The molecule has 3 heterocycles. The van der Waals surface area contributed by atoms with E-state index in [1.165, 1.54) is 18.2 Å². The van der Waals surface area contributed by atoms with E-state index in [1.807, 2.05) is 0 Å². The summed E-state index contributed by atoms with van der Waals surface area (Å²) in [6.45, 7) is 5.11. The molecule has 0 radical (unpaired) electrons. The second-order valence-electron chi connectivity index (χ2n) is 8.71. The summed E-state index contributed by atoms with van der Waals surface area (Å²) in [5.74, 6) is 1.25. The SMILES string of the molecule is CNc1nc(NCc2cc(C(=O)NCc3ccccc3C(F)(F)F)oc2C)nc(N2CCN(C)CC2)n1. The molecule has 1 amide bonds. The third-order valence-corrected chi connectivity index (χ3v) is 6.08. The Labute approximate surface area is 212 Å². The molecule has 37 heavy (non-hydrogen) atoms. The molecule has 1 aromatic carbocycles. The second kappa shape index (κ2) is 11.0. The van der Waals surface area contributed by atoms with Crippen LogP contribution in [-0.4, -0.2) is 66.0 Å². The summed E-state index contributed by atoms with van der Waals surface area (Å²) in [5.41, 5.74) is -0.127. The molecule has 1 saturated heterocycles. The lowest BCUT2D eigenvalue weighted by atomic mass is 10.1. The van der Waals surface area contributed by atoms with Gasteiger partial charge in [0, 0.05) is 51.9 Å². The molecule has 3 N–H and O–H groups in total. The molecule has 13 heteroatoms. The average Bonchev–Trinajstić information content (AvgIpc) is 3.26. The number of piperazine rings is 1. The van der Waals surface area contributed by atoms with E-state index in [2.05, 4.69) is 47.7 Å². The van der Waals surface area contributed by atoms with Crippen LogP contribution in [0.2, 0.25) is 0 Å². The first-order chi connectivity index (χ1) is 17.6. The van der Waals surface area contributed by atoms with Gasteiger partial charge in [-0.15, -0.1) is 0 Å². The topological polar surface area (TPSA) is 111 Å². The summed E-state index contributed by atoms with van der Waals surface area (Å²) in [4.78, 5) is 30.3. The van der Waals surface area contributed by atoms with E-state index in [9.17, 15) is 18.0 Å². The van der Waals surface area contributed by atoms with Crippen molar-refractivity contribution >= 4 is 23.8 Å². The molecule has 1 aliphatic heterocycles. The van der Waals surface area contributed by atoms with E-state index in [0.717, 1.165) is 32.2 Å². The van der Waals surface area contributed by atoms with E-state index in [4.69, 9.17) is 4.42 Å². The Bertz CT molecular complexity index is 1240. The highest BCUT2D eigenvalue weighted by Gasteiger charge is 2.33. The van der Waals surface area contributed by atoms with Gasteiger partial charge in [0.05, 0.1) is 5.56 Å². The second-order valence-corrected chi connectivity index (χ2v) is 8.71. The summed E-state index contributed by atoms with van der Waals surface area (Å²) in [5, 5.41) is 8.59. The fourth-order valence-corrected chi connectivity index (χ4v) is 3.90. The van der Waals surface area contributed by atoms with Crippen LogP contribution < -0.4 is 20.9 Å². The third-order valence-electron chi connectivity index (χ3n) is 6.08. The van der Waals surface area contributed by atoms with Crippen molar-refractivity contribution in [1.82, 2.24) is 25.2 Å². The largest absolute Gasteiger partial charge is 0.456 e. The standard InChI is InChI=1S/C24H29F3N8O2/c1-15-17(12-19(37-15)20(36)29-13-16-6-4-5-7-18(16)24(25,26)27)14-30-22-31-21(28-2)32-23(33-22)35-10-8-34(3)9-11-35/h4-7,12H,8-11,13-14H2,1-3H3,(H,29,36)(H2,28,30,31,32,33). The first-order valence-corrected chi connectivity index (χ1v) is 11.8. The highest BCUT2D eigenvalue weighted by atomic mass is 19.4. The van der Waals surface area contributed by atoms with Crippen molar-refractivity contribution in [2.24, 2.45) is 0 Å². The zero-order valence-corrected chi connectivity index (χ0v) is 20.8. The van der Waals surface area contributed by atoms with Crippen molar-refractivity contribution in [3.8, 4) is 0 Å². The summed E-state index contributed by atoms with van der Waals surface area (Å²) < 4.78 is 45.2. The average molecular weight is 519 g/mol. The van der Waals surface area contributed by atoms with Crippen LogP contribution in [0.5, 0.6) is 0 Å². The van der Waals surface area contributed by atoms with Gasteiger partial charge in [0.15, 0.2) is 5.76 Å². The summed E-state index contributed by atoms with van der Waals surface area (Å²) >= 11 is 0. The zero-order valence-electron chi connectivity index (χ0n) is 20.8. The van der Waals surface area contributed by atoms with Gasteiger partial charge in [0.2, 0.25) is 17.8 Å². The summed E-state index contributed by atoms with van der Waals surface area (Å²) in [6, 6.07) is 6.67. The van der Waals surface area contributed by atoms with E-state index in [-0.39, 0.29) is 24.4 Å². The van der Waals surface area contributed by atoms with Crippen molar-refractivity contribution in [2.45, 2.75) is 26.2 Å². The number of likely N-dealkylation sites (N-methyl/N-ethyl adjacent to an activating group) is 1. The molecule has 1 fully saturated rings. The number of nitrogens with zero attached hydrogens (tertiary/aromatic N) is 5. The molecule has 2 aromatic heterocycles. The molecule has 10 nitrogen and oxygen atoms in total. The number of rotatable bonds is 8. The van der Waals surface area contributed by atoms with Gasteiger partial charge in [0.25, 0.3) is 5.91 Å². The lowest BCUT2D eigenvalue weighted by molar-refractivity contribution is -0.138. The summed E-state index contributed by atoms with van der Waals surface area (Å²) in [7, 11) is 3.80. The molecule has 4 rings (SSSR count). The fourth-order valence-electron chi connectivity index (χ4n) is 3.90. The fraction of sp³-hybridized carbons (Fsp3) is 0.417. The summed E-state index contributed by atoms with van der Waals surface area (Å²) in [6.07, 6.45) is -4.51. The van der Waals surface area contributed by atoms with Crippen molar-refractivity contribution in [1.29, 1.82) is 0 Å². The molecule has 1 aliphatic rings. The number of benzene rings is 1. The van der Waals surface area contributed by atoms with Crippen LogP contribution in [0.4, 0.5) is 31.0 Å². The quantitative estimate of drug-likeness (QED) is 0.414. The number of anilines is 3. The van der Waals surface area contributed by atoms with Crippen molar-refractivity contribution in [3.63, 3.8) is 0 Å². The van der Waals surface area contributed by atoms with Gasteiger partial charge >= 0.3 is 6.18 Å². The number of hydrogen-bond donors (Lipinski definition) is 3. The third kappa shape index (κ3) is 6.47. The number of carbonyl (C=O) groups excluding carboxylic acids is 1. The Hall–Kier alpha value is -3.87. The molecular formula is C24H29F3N8O2. The highest BCUT2D eigenvalue weighted by Crippen LogP contribution is 2.31. The number of alkyl halides is 3. The van der Waals surface area contributed by atoms with Gasteiger partial charge in [0.1, 0.15) is 5.76 Å². The molecule has 0 unspecified atom stereocenters. The number of carbonyl (C=O) groups is 1. The van der Waals surface area contributed by atoms with Crippen LogP contribution in [-0.2, 0) is 19.3 Å². The van der Waals surface area contributed by atoms with E-state index < -0.39 is 17.6 Å². The van der Waals surface area contributed by atoms with Gasteiger partial charge in [-0.25, -0.2) is 0 Å². The van der Waals surface area contributed by atoms with Crippen LogP contribution in [0.1, 0.15) is 33.0 Å². The Morgan fingerprint density at radius 2 is 1.73 bits per heavy atom.